The first-order valence-corrected chi connectivity index (χ1v) is 9.38. The number of rotatable bonds is 4. The van der Waals surface area contributed by atoms with Crippen molar-refractivity contribution in [2.24, 2.45) is 0 Å². The van der Waals surface area contributed by atoms with Gasteiger partial charge in [-0.25, -0.2) is 0 Å². The Morgan fingerprint density at radius 2 is 1.92 bits per heavy atom. The average Bonchev–Trinajstić information content (AvgIpc) is 3.03. The van der Waals surface area contributed by atoms with E-state index in [-0.39, 0.29) is 17.9 Å². The molecule has 2 heterocycles. The second kappa shape index (κ2) is 8.00. The largest absolute Gasteiger partial charge is 0.352 e. The predicted octanol–water partition coefficient (Wildman–Crippen LogP) is 2.26. The number of carbonyl (C=O) groups excluding carboxylic acids is 2. The molecule has 2 fully saturated rings. The van der Waals surface area contributed by atoms with Crippen molar-refractivity contribution in [3.63, 3.8) is 0 Å². The van der Waals surface area contributed by atoms with Crippen LogP contribution in [-0.2, 0) is 9.59 Å². The van der Waals surface area contributed by atoms with Gasteiger partial charge in [-0.1, -0.05) is 29.8 Å². The number of benzene rings is 1. The molecule has 2 aliphatic rings. The summed E-state index contributed by atoms with van der Waals surface area (Å²) in [4.78, 5) is 28.0. The maximum absolute atomic E-state index is 12.5. The van der Waals surface area contributed by atoms with Crippen LogP contribution in [-0.4, -0.2) is 53.8 Å². The highest BCUT2D eigenvalue weighted by Crippen LogP contribution is 2.31. The normalized spacial score (nSPS) is 22.2. The van der Waals surface area contributed by atoms with Gasteiger partial charge >= 0.3 is 0 Å². The summed E-state index contributed by atoms with van der Waals surface area (Å²) >= 11 is 0. The van der Waals surface area contributed by atoms with Crippen molar-refractivity contribution < 1.29 is 9.59 Å². The first-order valence-electron chi connectivity index (χ1n) is 9.38. The Hall–Kier alpha value is -1.88. The smallest absolute Gasteiger partial charge is 0.234 e. The fourth-order valence-corrected chi connectivity index (χ4v) is 4.07. The Labute approximate surface area is 150 Å². The van der Waals surface area contributed by atoms with E-state index >= 15 is 0 Å². The molecule has 0 radical (unpaired) electrons. The van der Waals surface area contributed by atoms with Crippen LogP contribution in [0.15, 0.2) is 24.3 Å². The van der Waals surface area contributed by atoms with E-state index in [1.807, 2.05) is 4.90 Å². The van der Waals surface area contributed by atoms with Gasteiger partial charge in [0.25, 0.3) is 0 Å². The molecular formula is C20H29N3O2. The fraction of sp³-hybridized carbons (Fsp3) is 0.600. The second-order valence-electron chi connectivity index (χ2n) is 7.39. The lowest BCUT2D eigenvalue weighted by Crippen LogP contribution is -2.48. The van der Waals surface area contributed by atoms with E-state index in [9.17, 15) is 9.59 Å². The van der Waals surface area contributed by atoms with E-state index in [2.05, 4.69) is 41.4 Å². The highest BCUT2D eigenvalue weighted by Gasteiger charge is 2.29. The van der Waals surface area contributed by atoms with Gasteiger partial charge in [0.1, 0.15) is 0 Å². The highest BCUT2D eigenvalue weighted by atomic mass is 16.2. The highest BCUT2D eigenvalue weighted by molar-refractivity contribution is 5.78. The van der Waals surface area contributed by atoms with Gasteiger partial charge in [0, 0.05) is 32.1 Å². The van der Waals surface area contributed by atoms with Crippen molar-refractivity contribution in [1.29, 1.82) is 0 Å². The molecule has 3 rings (SSSR count). The Morgan fingerprint density at radius 3 is 2.60 bits per heavy atom. The number of nitrogens with one attached hydrogen (secondary N) is 1. The molecule has 1 aromatic rings. The van der Waals surface area contributed by atoms with Crippen molar-refractivity contribution in [2.45, 2.75) is 51.6 Å². The molecule has 1 aromatic carbocycles. The van der Waals surface area contributed by atoms with E-state index < -0.39 is 0 Å². The monoisotopic (exact) mass is 343 g/mol. The van der Waals surface area contributed by atoms with E-state index in [4.69, 9.17) is 0 Å². The second-order valence-corrected chi connectivity index (χ2v) is 7.39. The van der Waals surface area contributed by atoms with Crippen molar-refractivity contribution in [2.75, 3.05) is 26.2 Å². The molecule has 2 amide bonds. The third-order valence-electron chi connectivity index (χ3n) is 5.44. The summed E-state index contributed by atoms with van der Waals surface area (Å²) in [5.41, 5.74) is 2.59. The topological polar surface area (TPSA) is 52.7 Å². The SMILES string of the molecule is CC(=O)N1CCC(NC(=O)CN2CCCC2c2cccc(C)c2)CC1. The number of hydrogen-bond donors (Lipinski definition) is 1. The number of likely N-dealkylation sites (tertiary alicyclic amines) is 2. The van der Waals surface area contributed by atoms with Crippen molar-refractivity contribution in [3.8, 4) is 0 Å². The molecule has 5 heteroatoms. The molecule has 25 heavy (non-hydrogen) atoms. The molecule has 0 aliphatic carbocycles. The molecule has 1 unspecified atom stereocenters. The van der Waals surface area contributed by atoms with Crippen LogP contribution in [0, 0.1) is 6.92 Å². The standard InChI is InChI=1S/C20H29N3O2/c1-15-5-3-6-17(13-15)19-7-4-10-23(19)14-20(25)21-18-8-11-22(12-9-18)16(2)24/h3,5-6,13,18-19H,4,7-12,14H2,1-2H3,(H,21,25). The lowest BCUT2D eigenvalue weighted by molar-refractivity contribution is -0.130. The molecule has 5 nitrogen and oxygen atoms in total. The molecular weight excluding hydrogens is 314 g/mol. The number of aryl methyl sites for hydroxylation is 1. The van der Waals surface area contributed by atoms with E-state index in [0.717, 1.165) is 45.3 Å². The zero-order chi connectivity index (χ0) is 17.8. The molecule has 1 atom stereocenters. The van der Waals surface area contributed by atoms with E-state index in [1.54, 1.807) is 6.92 Å². The third-order valence-corrected chi connectivity index (χ3v) is 5.44. The Bertz CT molecular complexity index is 623. The maximum atomic E-state index is 12.5. The first kappa shape index (κ1) is 17.9. The van der Waals surface area contributed by atoms with Gasteiger partial charge in [0.05, 0.1) is 6.54 Å². The molecule has 136 valence electrons. The van der Waals surface area contributed by atoms with Crippen molar-refractivity contribution in [1.82, 2.24) is 15.1 Å². The molecule has 0 spiro atoms. The zero-order valence-corrected chi connectivity index (χ0v) is 15.3. The van der Waals surface area contributed by atoms with Crippen LogP contribution in [0.1, 0.15) is 49.8 Å². The summed E-state index contributed by atoms with van der Waals surface area (Å²) in [6.45, 7) is 6.66. The summed E-state index contributed by atoms with van der Waals surface area (Å²) in [6, 6.07) is 9.17. The van der Waals surface area contributed by atoms with Crippen LogP contribution in [0.4, 0.5) is 0 Å². The lowest BCUT2D eigenvalue weighted by atomic mass is 10.0. The summed E-state index contributed by atoms with van der Waals surface area (Å²) < 4.78 is 0. The molecule has 0 aromatic heterocycles. The van der Waals surface area contributed by atoms with Crippen molar-refractivity contribution >= 4 is 11.8 Å². The Balaban J connectivity index is 1.51. The Kier molecular flexibility index (Phi) is 5.74. The summed E-state index contributed by atoms with van der Waals surface area (Å²) in [6.07, 6.45) is 3.97. The van der Waals surface area contributed by atoms with Crippen LogP contribution in [0.2, 0.25) is 0 Å². The van der Waals surface area contributed by atoms with Crippen LogP contribution in [0.3, 0.4) is 0 Å². The van der Waals surface area contributed by atoms with Gasteiger partial charge < -0.3 is 10.2 Å². The van der Waals surface area contributed by atoms with Gasteiger partial charge in [0.2, 0.25) is 11.8 Å². The maximum Gasteiger partial charge on any atom is 0.234 e. The minimum atomic E-state index is 0.112. The average molecular weight is 343 g/mol. The number of piperidine rings is 1. The summed E-state index contributed by atoms with van der Waals surface area (Å²) in [5, 5.41) is 3.17. The van der Waals surface area contributed by atoms with Gasteiger partial charge in [-0.05, 0) is 44.7 Å². The molecule has 2 aliphatic heterocycles. The number of hydrogen-bond acceptors (Lipinski definition) is 3. The first-order chi connectivity index (χ1) is 12.0. The lowest BCUT2D eigenvalue weighted by Gasteiger charge is -2.32. The van der Waals surface area contributed by atoms with Gasteiger partial charge in [-0.3, -0.25) is 14.5 Å². The van der Waals surface area contributed by atoms with E-state index in [1.165, 1.54) is 11.1 Å². The third kappa shape index (κ3) is 4.60. The number of nitrogens with zero attached hydrogens (tertiary/aromatic N) is 2. The minimum Gasteiger partial charge on any atom is -0.352 e. The molecule has 0 saturated carbocycles. The predicted molar refractivity (Wildman–Crippen MR) is 98.1 cm³/mol. The number of carbonyl (C=O) groups is 2. The van der Waals surface area contributed by atoms with Crippen LogP contribution in [0.25, 0.3) is 0 Å². The fourth-order valence-electron chi connectivity index (χ4n) is 4.07. The van der Waals surface area contributed by atoms with Gasteiger partial charge in [0.15, 0.2) is 0 Å². The van der Waals surface area contributed by atoms with Crippen LogP contribution in [0.5, 0.6) is 0 Å². The Morgan fingerprint density at radius 1 is 1.16 bits per heavy atom. The number of amides is 2. The van der Waals surface area contributed by atoms with Crippen LogP contribution >= 0.6 is 0 Å². The van der Waals surface area contributed by atoms with Gasteiger partial charge in [-0.2, -0.15) is 0 Å². The zero-order valence-electron chi connectivity index (χ0n) is 15.3. The quantitative estimate of drug-likeness (QED) is 0.912. The van der Waals surface area contributed by atoms with Gasteiger partial charge in [-0.15, -0.1) is 0 Å². The minimum absolute atomic E-state index is 0.112. The van der Waals surface area contributed by atoms with E-state index in [0.29, 0.717) is 12.6 Å². The van der Waals surface area contributed by atoms with Crippen LogP contribution < -0.4 is 5.32 Å². The molecule has 0 bridgehead atoms. The summed E-state index contributed by atoms with van der Waals surface area (Å²) in [5.74, 6) is 0.240. The molecule has 2 saturated heterocycles. The summed E-state index contributed by atoms with van der Waals surface area (Å²) in [7, 11) is 0. The molecule has 1 N–H and O–H groups in total. The van der Waals surface area contributed by atoms with Crippen molar-refractivity contribution in [3.05, 3.63) is 35.4 Å².